The lowest BCUT2D eigenvalue weighted by Gasteiger charge is -2.12. The highest BCUT2D eigenvalue weighted by Crippen LogP contribution is 2.20. The molecule has 2 N–H and O–H groups in total. The average Bonchev–Trinajstić information content (AvgIpc) is 3.24. The molecule has 23 heavy (non-hydrogen) atoms. The lowest BCUT2D eigenvalue weighted by Crippen LogP contribution is -2.23. The zero-order chi connectivity index (χ0) is 16.1. The van der Waals surface area contributed by atoms with E-state index in [1.807, 2.05) is 29.3 Å². The number of pyridine rings is 1. The van der Waals surface area contributed by atoms with Gasteiger partial charge in [0.1, 0.15) is 10.8 Å². The van der Waals surface area contributed by atoms with Gasteiger partial charge in [-0.15, -0.1) is 11.3 Å². The zero-order valence-corrected chi connectivity index (χ0v) is 14.7. The minimum absolute atomic E-state index is 0.117. The fourth-order valence-corrected chi connectivity index (χ4v) is 4.29. The minimum atomic E-state index is -0.117. The SMILES string of the molecule is CCc1csc(CNC(=O)c2ccc(N[C@H]3CCSC3)nc2)n1. The molecule has 0 aromatic carbocycles. The van der Waals surface area contributed by atoms with Gasteiger partial charge in [-0.3, -0.25) is 4.79 Å². The number of aryl methyl sites for hydroxylation is 1. The van der Waals surface area contributed by atoms with Gasteiger partial charge in [-0.25, -0.2) is 9.97 Å². The van der Waals surface area contributed by atoms with Crippen molar-refractivity contribution in [1.82, 2.24) is 15.3 Å². The maximum absolute atomic E-state index is 12.2. The zero-order valence-electron chi connectivity index (χ0n) is 13.0. The van der Waals surface area contributed by atoms with Crippen molar-refractivity contribution in [2.24, 2.45) is 0 Å². The molecule has 0 radical (unpaired) electrons. The Balaban J connectivity index is 1.52. The Labute approximate surface area is 144 Å². The summed E-state index contributed by atoms with van der Waals surface area (Å²) in [6.45, 7) is 2.53. The summed E-state index contributed by atoms with van der Waals surface area (Å²) in [5.74, 6) is 3.04. The Morgan fingerprint density at radius 2 is 2.35 bits per heavy atom. The van der Waals surface area contributed by atoms with E-state index in [4.69, 9.17) is 0 Å². The Kier molecular flexibility index (Phi) is 5.51. The average molecular weight is 348 g/mol. The van der Waals surface area contributed by atoms with E-state index in [0.29, 0.717) is 18.2 Å². The highest BCUT2D eigenvalue weighted by atomic mass is 32.2. The minimum Gasteiger partial charge on any atom is -0.366 e. The first kappa shape index (κ1) is 16.3. The molecule has 0 saturated carbocycles. The second kappa shape index (κ2) is 7.79. The number of carbonyl (C=O) groups is 1. The van der Waals surface area contributed by atoms with Gasteiger partial charge >= 0.3 is 0 Å². The van der Waals surface area contributed by atoms with Gasteiger partial charge in [0.25, 0.3) is 5.91 Å². The molecule has 1 saturated heterocycles. The number of aromatic nitrogens is 2. The van der Waals surface area contributed by atoms with Crippen LogP contribution in [0.5, 0.6) is 0 Å². The van der Waals surface area contributed by atoms with Gasteiger partial charge < -0.3 is 10.6 Å². The number of amides is 1. The van der Waals surface area contributed by atoms with E-state index in [1.165, 1.54) is 12.2 Å². The Bertz CT molecular complexity index is 650. The van der Waals surface area contributed by atoms with Crippen molar-refractivity contribution in [1.29, 1.82) is 0 Å². The molecule has 0 unspecified atom stereocenters. The van der Waals surface area contributed by atoms with Crippen LogP contribution in [0.2, 0.25) is 0 Å². The monoisotopic (exact) mass is 348 g/mol. The number of nitrogens with zero attached hydrogens (tertiary/aromatic N) is 2. The maximum atomic E-state index is 12.2. The summed E-state index contributed by atoms with van der Waals surface area (Å²) >= 11 is 3.54. The van der Waals surface area contributed by atoms with Crippen molar-refractivity contribution in [3.63, 3.8) is 0 Å². The molecule has 5 nitrogen and oxygen atoms in total. The maximum Gasteiger partial charge on any atom is 0.253 e. The van der Waals surface area contributed by atoms with Gasteiger partial charge in [-0.1, -0.05) is 6.92 Å². The first-order valence-corrected chi connectivity index (χ1v) is 9.80. The van der Waals surface area contributed by atoms with Crippen molar-refractivity contribution in [3.05, 3.63) is 40.0 Å². The lowest BCUT2D eigenvalue weighted by molar-refractivity contribution is 0.0950. The van der Waals surface area contributed by atoms with Gasteiger partial charge in [0.2, 0.25) is 0 Å². The second-order valence-corrected chi connectivity index (χ2v) is 7.50. The summed E-state index contributed by atoms with van der Waals surface area (Å²) in [5.41, 5.74) is 1.64. The molecule has 2 aromatic heterocycles. The predicted molar refractivity (Wildman–Crippen MR) is 96.3 cm³/mol. The van der Waals surface area contributed by atoms with Gasteiger partial charge in [-0.2, -0.15) is 11.8 Å². The van der Waals surface area contributed by atoms with E-state index in [1.54, 1.807) is 17.5 Å². The molecular formula is C16H20N4OS2. The molecule has 0 spiro atoms. The fraction of sp³-hybridized carbons (Fsp3) is 0.438. The number of hydrogen-bond donors (Lipinski definition) is 2. The van der Waals surface area contributed by atoms with Crippen LogP contribution in [0.4, 0.5) is 5.82 Å². The van der Waals surface area contributed by atoms with Crippen molar-refractivity contribution in [2.45, 2.75) is 32.4 Å². The number of anilines is 1. The molecule has 122 valence electrons. The number of rotatable bonds is 6. The van der Waals surface area contributed by atoms with Crippen LogP contribution < -0.4 is 10.6 Å². The van der Waals surface area contributed by atoms with E-state index in [9.17, 15) is 4.79 Å². The molecule has 0 bridgehead atoms. The molecule has 0 aliphatic carbocycles. The third-order valence-corrected chi connectivity index (χ3v) is 5.73. The van der Waals surface area contributed by atoms with E-state index in [0.717, 1.165) is 28.7 Å². The summed E-state index contributed by atoms with van der Waals surface area (Å²) in [6.07, 6.45) is 3.71. The normalized spacial score (nSPS) is 17.2. The first-order chi connectivity index (χ1) is 11.2. The van der Waals surface area contributed by atoms with Crippen LogP contribution in [0.3, 0.4) is 0 Å². The van der Waals surface area contributed by atoms with Crippen LogP contribution in [0.15, 0.2) is 23.7 Å². The van der Waals surface area contributed by atoms with Crippen molar-refractivity contribution in [3.8, 4) is 0 Å². The van der Waals surface area contributed by atoms with Crippen molar-refractivity contribution in [2.75, 3.05) is 16.8 Å². The van der Waals surface area contributed by atoms with Gasteiger partial charge in [0, 0.05) is 23.4 Å². The van der Waals surface area contributed by atoms with E-state index in [2.05, 4.69) is 27.5 Å². The summed E-state index contributed by atoms with van der Waals surface area (Å²) < 4.78 is 0. The number of thioether (sulfide) groups is 1. The quantitative estimate of drug-likeness (QED) is 0.840. The standard InChI is InChI=1S/C16H20N4OS2/c1-2-12-10-23-15(20-12)8-18-16(21)11-3-4-14(17-7-11)19-13-5-6-22-9-13/h3-4,7,10,13H,2,5-6,8-9H2,1H3,(H,17,19)(H,18,21)/t13-/m0/s1. The Morgan fingerprint density at radius 3 is 3.00 bits per heavy atom. The number of thiazole rings is 1. The molecule has 7 heteroatoms. The van der Waals surface area contributed by atoms with Crippen LogP contribution in [-0.2, 0) is 13.0 Å². The summed E-state index contributed by atoms with van der Waals surface area (Å²) in [7, 11) is 0. The van der Waals surface area contributed by atoms with Gasteiger partial charge in [-0.05, 0) is 30.7 Å². The highest BCUT2D eigenvalue weighted by Gasteiger charge is 2.15. The molecule has 3 heterocycles. The molecule has 1 amide bonds. The molecule has 1 aliphatic heterocycles. The van der Waals surface area contributed by atoms with Gasteiger partial charge in [0.05, 0.1) is 17.8 Å². The van der Waals surface area contributed by atoms with E-state index >= 15 is 0 Å². The number of hydrogen-bond acceptors (Lipinski definition) is 6. The van der Waals surface area contributed by atoms with E-state index < -0.39 is 0 Å². The lowest BCUT2D eigenvalue weighted by atomic mass is 10.2. The Morgan fingerprint density at radius 1 is 1.43 bits per heavy atom. The number of carbonyl (C=O) groups excluding carboxylic acids is 1. The van der Waals surface area contributed by atoms with Crippen LogP contribution in [0.25, 0.3) is 0 Å². The molecule has 2 aromatic rings. The third-order valence-electron chi connectivity index (χ3n) is 3.67. The first-order valence-electron chi connectivity index (χ1n) is 7.76. The largest absolute Gasteiger partial charge is 0.366 e. The summed E-state index contributed by atoms with van der Waals surface area (Å²) in [5, 5.41) is 9.26. The predicted octanol–water partition coefficient (Wildman–Crippen LogP) is 2.95. The molecule has 1 fully saturated rings. The fourth-order valence-electron chi connectivity index (χ4n) is 2.32. The van der Waals surface area contributed by atoms with Gasteiger partial charge in [0.15, 0.2) is 0 Å². The Hall–Kier alpha value is -1.60. The van der Waals surface area contributed by atoms with Crippen LogP contribution in [-0.4, -0.2) is 33.4 Å². The molecule has 1 aliphatic rings. The second-order valence-electron chi connectivity index (χ2n) is 5.41. The summed E-state index contributed by atoms with van der Waals surface area (Å²) in [6, 6.07) is 4.17. The molecule has 3 rings (SSSR count). The van der Waals surface area contributed by atoms with E-state index in [-0.39, 0.29) is 5.91 Å². The van der Waals surface area contributed by atoms with Crippen molar-refractivity contribution >= 4 is 34.8 Å². The number of nitrogens with one attached hydrogen (secondary N) is 2. The smallest absolute Gasteiger partial charge is 0.253 e. The third kappa shape index (κ3) is 4.45. The van der Waals surface area contributed by atoms with Crippen molar-refractivity contribution < 1.29 is 4.79 Å². The van der Waals surface area contributed by atoms with Crippen LogP contribution >= 0.6 is 23.1 Å². The molecule has 1 atom stereocenters. The van der Waals surface area contributed by atoms with Crippen LogP contribution in [0.1, 0.15) is 34.4 Å². The highest BCUT2D eigenvalue weighted by molar-refractivity contribution is 7.99. The molecular weight excluding hydrogens is 328 g/mol. The van der Waals surface area contributed by atoms with Crippen LogP contribution in [0, 0.1) is 0 Å². The topological polar surface area (TPSA) is 66.9 Å². The summed E-state index contributed by atoms with van der Waals surface area (Å²) in [4.78, 5) is 20.9.